The summed E-state index contributed by atoms with van der Waals surface area (Å²) in [5, 5.41) is 6.12. The number of amides is 1. The third kappa shape index (κ3) is 4.45. The van der Waals surface area contributed by atoms with Crippen LogP contribution in [0.5, 0.6) is 0 Å². The Labute approximate surface area is 153 Å². The lowest BCUT2D eigenvalue weighted by Crippen LogP contribution is -2.23. The van der Waals surface area contributed by atoms with E-state index in [4.69, 9.17) is 0 Å². The summed E-state index contributed by atoms with van der Waals surface area (Å²) in [5.74, 6) is 0.654. The fraction of sp³-hybridized carbons (Fsp3) is 0.190. The van der Waals surface area contributed by atoms with Crippen molar-refractivity contribution >= 4 is 17.4 Å². The molecular formula is C21H22N4O. The Bertz CT molecular complexity index is 873. The van der Waals surface area contributed by atoms with Crippen molar-refractivity contribution < 1.29 is 4.79 Å². The zero-order valence-corrected chi connectivity index (χ0v) is 15.0. The van der Waals surface area contributed by atoms with Crippen LogP contribution in [0.2, 0.25) is 0 Å². The summed E-state index contributed by atoms with van der Waals surface area (Å²) in [7, 11) is 0. The highest BCUT2D eigenvalue weighted by Gasteiger charge is 2.06. The molecule has 0 radical (unpaired) electrons. The van der Waals surface area contributed by atoms with Crippen LogP contribution in [0.15, 0.2) is 60.9 Å². The lowest BCUT2D eigenvalue weighted by Gasteiger charge is -2.08. The smallest absolute Gasteiger partial charge is 0.251 e. The fourth-order valence-corrected chi connectivity index (χ4v) is 2.50. The van der Waals surface area contributed by atoms with E-state index >= 15 is 0 Å². The van der Waals surface area contributed by atoms with Crippen LogP contribution >= 0.6 is 0 Å². The minimum Gasteiger partial charge on any atom is -0.352 e. The second-order valence-corrected chi connectivity index (χ2v) is 6.11. The molecule has 1 aromatic heterocycles. The molecule has 2 N–H and O–H groups in total. The first-order chi connectivity index (χ1) is 12.7. The van der Waals surface area contributed by atoms with Crippen molar-refractivity contribution in [2.45, 2.75) is 20.3 Å². The van der Waals surface area contributed by atoms with Crippen molar-refractivity contribution in [2.24, 2.45) is 0 Å². The average molecular weight is 346 g/mol. The molecule has 0 aliphatic carbocycles. The molecule has 3 aromatic rings. The number of benzene rings is 2. The molecule has 0 spiro atoms. The highest BCUT2D eigenvalue weighted by molar-refractivity contribution is 5.94. The van der Waals surface area contributed by atoms with E-state index < -0.39 is 0 Å². The van der Waals surface area contributed by atoms with Gasteiger partial charge < -0.3 is 10.6 Å². The van der Waals surface area contributed by atoms with Crippen LogP contribution in [0.4, 0.5) is 11.5 Å². The fourth-order valence-electron chi connectivity index (χ4n) is 2.50. The number of rotatable bonds is 6. The molecule has 132 valence electrons. The van der Waals surface area contributed by atoms with Crippen LogP contribution in [0.3, 0.4) is 0 Å². The van der Waals surface area contributed by atoms with E-state index in [-0.39, 0.29) is 5.91 Å². The van der Waals surface area contributed by atoms with E-state index in [1.807, 2.05) is 37.3 Å². The summed E-state index contributed by atoms with van der Waals surface area (Å²) >= 11 is 0. The minimum absolute atomic E-state index is 0.0536. The predicted molar refractivity (Wildman–Crippen MR) is 105 cm³/mol. The standard InChI is InChI=1S/C21H22N4O/c1-3-12-22-21(26)17-8-10-18(11-9-17)25-20-13-19(23-14-24-20)16-6-4-15(2)5-7-16/h4-11,13-14H,3,12H2,1-2H3,(H,22,26)(H,23,24,25). The van der Waals surface area contributed by atoms with Gasteiger partial charge >= 0.3 is 0 Å². The van der Waals surface area contributed by atoms with Gasteiger partial charge in [0.2, 0.25) is 0 Å². The van der Waals surface area contributed by atoms with Crippen LogP contribution < -0.4 is 10.6 Å². The second kappa shape index (κ2) is 8.25. The molecule has 0 saturated heterocycles. The van der Waals surface area contributed by atoms with Gasteiger partial charge in [-0.1, -0.05) is 36.8 Å². The van der Waals surface area contributed by atoms with Gasteiger partial charge in [-0.2, -0.15) is 0 Å². The lowest BCUT2D eigenvalue weighted by molar-refractivity contribution is 0.0953. The maximum Gasteiger partial charge on any atom is 0.251 e. The first-order valence-electron chi connectivity index (χ1n) is 8.70. The number of nitrogens with one attached hydrogen (secondary N) is 2. The number of aromatic nitrogens is 2. The molecule has 5 heteroatoms. The molecule has 0 aliphatic rings. The first-order valence-corrected chi connectivity index (χ1v) is 8.70. The van der Waals surface area contributed by atoms with Gasteiger partial charge in [0.05, 0.1) is 5.69 Å². The predicted octanol–water partition coefficient (Wildman–Crippen LogP) is 4.34. The molecule has 2 aromatic carbocycles. The zero-order valence-electron chi connectivity index (χ0n) is 15.0. The van der Waals surface area contributed by atoms with E-state index in [1.165, 1.54) is 5.56 Å². The number of hydrogen-bond acceptors (Lipinski definition) is 4. The molecular weight excluding hydrogens is 324 g/mol. The number of hydrogen-bond donors (Lipinski definition) is 2. The molecule has 3 rings (SSSR count). The first kappa shape index (κ1) is 17.6. The molecule has 0 saturated carbocycles. The van der Waals surface area contributed by atoms with Gasteiger partial charge in [0, 0.05) is 29.4 Å². The molecule has 0 aliphatic heterocycles. The summed E-state index contributed by atoms with van der Waals surface area (Å²) in [6, 6.07) is 17.5. The Kier molecular flexibility index (Phi) is 5.59. The molecule has 0 atom stereocenters. The maximum absolute atomic E-state index is 11.9. The Balaban J connectivity index is 1.72. The number of aryl methyl sites for hydroxylation is 1. The van der Waals surface area contributed by atoms with E-state index in [0.717, 1.165) is 23.4 Å². The number of anilines is 2. The van der Waals surface area contributed by atoms with Crippen molar-refractivity contribution in [3.8, 4) is 11.3 Å². The van der Waals surface area contributed by atoms with E-state index in [0.29, 0.717) is 17.9 Å². The van der Waals surface area contributed by atoms with Gasteiger partial charge in [-0.25, -0.2) is 9.97 Å². The summed E-state index contributed by atoms with van der Waals surface area (Å²) in [6.45, 7) is 4.77. The molecule has 1 amide bonds. The van der Waals surface area contributed by atoms with Crippen molar-refractivity contribution in [2.75, 3.05) is 11.9 Å². The topological polar surface area (TPSA) is 66.9 Å². The Hall–Kier alpha value is -3.21. The molecule has 26 heavy (non-hydrogen) atoms. The molecule has 0 bridgehead atoms. The van der Waals surface area contributed by atoms with Crippen molar-refractivity contribution in [3.05, 3.63) is 72.1 Å². The van der Waals surface area contributed by atoms with Crippen LogP contribution in [-0.2, 0) is 0 Å². The lowest BCUT2D eigenvalue weighted by atomic mass is 10.1. The highest BCUT2D eigenvalue weighted by Crippen LogP contribution is 2.21. The SMILES string of the molecule is CCCNC(=O)c1ccc(Nc2cc(-c3ccc(C)cc3)ncn2)cc1. The van der Waals surface area contributed by atoms with Crippen LogP contribution in [-0.4, -0.2) is 22.4 Å². The van der Waals surface area contributed by atoms with Gasteiger partial charge in [0.15, 0.2) is 0 Å². The molecule has 1 heterocycles. The summed E-state index contributed by atoms with van der Waals surface area (Å²) in [5.41, 5.74) is 4.63. The summed E-state index contributed by atoms with van der Waals surface area (Å²) in [4.78, 5) is 20.6. The monoisotopic (exact) mass is 346 g/mol. The Morgan fingerprint density at radius 2 is 1.73 bits per heavy atom. The number of carbonyl (C=O) groups is 1. The minimum atomic E-state index is -0.0536. The Morgan fingerprint density at radius 1 is 1.00 bits per heavy atom. The zero-order chi connectivity index (χ0) is 18.4. The molecule has 0 fully saturated rings. The highest BCUT2D eigenvalue weighted by atomic mass is 16.1. The van der Waals surface area contributed by atoms with E-state index in [9.17, 15) is 4.79 Å². The van der Waals surface area contributed by atoms with Crippen molar-refractivity contribution in [1.29, 1.82) is 0 Å². The van der Waals surface area contributed by atoms with E-state index in [2.05, 4.69) is 39.7 Å². The van der Waals surface area contributed by atoms with Crippen LogP contribution in [0.1, 0.15) is 29.3 Å². The van der Waals surface area contributed by atoms with Crippen molar-refractivity contribution in [3.63, 3.8) is 0 Å². The van der Waals surface area contributed by atoms with Gasteiger partial charge in [0.1, 0.15) is 12.1 Å². The van der Waals surface area contributed by atoms with Gasteiger partial charge in [-0.15, -0.1) is 0 Å². The van der Waals surface area contributed by atoms with Crippen LogP contribution in [0, 0.1) is 6.92 Å². The number of nitrogens with zero attached hydrogens (tertiary/aromatic N) is 2. The van der Waals surface area contributed by atoms with Gasteiger partial charge in [0.25, 0.3) is 5.91 Å². The average Bonchev–Trinajstić information content (AvgIpc) is 2.67. The Morgan fingerprint density at radius 3 is 2.42 bits per heavy atom. The van der Waals surface area contributed by atoms with Crippen LogP contribution in [0.25, 0.3) is 11.3 Å². The maximum atomic E-state index is 11.9. The second-order valence-electron chi connectivity index (χ2n) is 6.11. The third-order valence-corrected chi connectivity index (χ3v) is 3.97. The van der Waals surface area contributed by atoms with Crippen molar-refractivity contribution in [1.82, 2.24) is 15.3 Å². The van der Waals surface area contributed by atoms with Gasteiger partial charge in [-0.05, 0) is 37.6 Å². The largest absolute Gasteiger partial charge is 0.352 e. The summed E-state index contributed by atoms with van der Waals surface area (Å²) < 4.78 is 0. The number of carbonyl (C=O) groups excluding carboxylic acids is 1. The van der Waals surface area contributed by atoms with E-state index in [1.54, 1.807) is 18.5 Å². The molecule has 5 nitrogen and oxygen atoms in total. The normalized spacial score (nSPS) is 10.4. The molecule has 0 unspecified atom stereocenters. The van der Waals surface area contributed by atoms with Gasteiger partial charge in [-0.3, -0.25) is 4.79 Å². The summed E-state index contributed by atoms with van der Waals surface area (Å²) in [6.07, 6.45) is 2.46. The quantitative estimate of drug-likeness (QED) is 0.697. The third-order valence-electron chi connectivity index (χ3n) is 3.97.